The standard InChI is InChI=1S/C14H19N3O/c18-14(17-8-10-4-2-1-3-5-10)11-9-16-12-6-7-15-13(11)12/h1-5,11-13,15-16H,6-9H2,(H,17,18). The Kier molecular flexibility index (Phi) is 3.30. The van der Waals surface area contributed by atoms with Gasteiger partial charge in [-0.2, -0.15) is 0 Å². The number of fused-ring (bicyclic) bond motifs is 1. The van der Waals surface area contributed by atoms with Crippen LogP contribution in [0.5, 0.6) is 0 Å². The number of amides is 1. The summed E-state index contributed by atoms with van der Waals surface area (Å²) in [6.07, 6.45) is 1.13. The monoisotopic (exact) mass is 245 g/mol. The Balaban J connectivity index is 1.56. The Morgan fingerprint density at radius 2 is 2.11 bits per heavy atom. The number of nitrogens with one attached hydrogen (secondary N) is 3. The fraction of sp³-hybridized carbons (Fsp3) is 0.500. The zero-order valence-electron chi connectivity index (χ0n) is 10.4. The van der Waals surface area contributed by atoms with Crippen molar-refractivity contribution in [2.45, 2.75) is 25.0 Å². The predicted octanol–water partition coefficient (Wildman–Crippen LogP) is 0.253. The lowest BCUT2D eigenvalue weighted by Gasteiger charge is -2.17. The minimum atomic E-state index is 0.0706. The van der Waals surface area contributed by atoms with Crippen LogP contribution in [0.1, 0.15) is 12.0 Å². The van der Waals surface area contributed by atoms with Gasteiger partial charge in [0, 0.05) is 25.2 Å². The van der Waals surface area contributed by atoms with Gasteiger partial charge in [0.05, 0.1) is 5.92 Å². The first-order chi connectivity index (χ1) is 8.84. The zero-order chi connectivity index (χ0) is 12.4. The van der Waals surface area contributed by atoms with Crippen molar-refractivity contribution < 1.29 is 4.79 Å². The molecule has 4 heteroatoms. The lowest BCUT2D eigenvalue weighted by molar-refractivity contribution is -0.125. The molecule has 2 aliphatic rings. The van der Waals surface area contributed by atoms with Crippen molar-refractivity contribution >= 4 is 5.91 Å². The normalized spacial score (nSPS) is 30.1. The van der Waals surface area contributed by atoms with Crippen LogP contribution >= 0.6 is 0 Å². The summed E-state index contributed by atoms with van der Waals surface area (Å²) in [6, 6.07) is 10.8. The molecule has 0 aromatic heterocycles. The first-order valence-corrected chi connectivity index (χ1v) is 6.63. The second-order valence-electron chi connectivity index (χ2n) is 5.09. The second-order valence-corrected chi connectivity index (χ2v) is 5.09. The van der Waals surface area contributed by atoms with E-state index in [4.69, 9.17) is 0 Å². The third-order valence-electron chi connectivity index (χ3n) is 3.95. The summed E-state index contributed by atoms with van der Waals surface area (Å²) in [5.41, 5.74) is 1.15. The summed E-state index contributed by atoms with van der Waals surface area (Å²) in [6.45, 7) is 2.43. The van der Waals surface area contributed by atoms with E-state index in [0.717, 1.165) is 25.1 Å². The minimum absolute atomic E-state index is 0.0706. The van der Waals surface area contributed by atoms with Gasteiger partial charge in [-0.15, -0.1) is 0 Å². The van der Waals surface area contributed by atoms with E-state index in [1.54, 1.807) is 0 Å². The first-order valence-electron chi connectivity index (χ1n) is 6.63. The fourth-order valence-electron chi connectivity index (χ4n) is 2.96. The Hall–Kier alpha value is -1.39. The summed E-state index contributed by atoms with van der Waals surface area (Å²) in [5.74, 6) is 0.231. The van der Waals surface area contributed by atoms with Gasteiger partial charge in [0.15, 0.2) is 0 Å². The Bertz CT molecular complexity index is 420. The maximum atomic E-state index is 12.2. The van der Waals surface area contributed by atoms with E-state index in [1.165, 1.54) is 0 Å². The summed E-state index contributed by atoms with van der Waals surface area (Å²) >= 11 is 0. The molecule has 0 radical (unpaired) electrons. The zero-order valence-corrected chi connectivity index (χ0v) is 10.4. The van der Waals surface area contributed by atoms with Crippen molar-refractivity contribution in [2.24, 2.45) is 5.92 Å². The third-order valence-corrected chi connectivity index (χ3v) is 3.95. The second kappa shape index (κ2) is 5.08. The van der Waals surface area contributed by atoms with Crippen LogP contribution in [0.4, 0.5) is 0 Å². The molecule has 2 saturated heterocycles. The summed E-state index contributed by atoms with van der Waals surface area (Å²) in [4.78, 5) is 12.2. The quantitative estimate of drug-likeness (QED) is 0.715. The van der Waals surface area contributed by atoms with Crippen LogP contribution in [0, 0.1) is 5.92 Å². The van der Waals surface area contributed by atoms with Crippen LogP contribution in [0.25, 0.3) is 0 Å². The molecule has 3 unspecified atom stereocenters. The smallest absolute Gasteiger partial charge is 0.226 e. The molecule has 2 heterocycles. The Morgan fingerprint density at radius 1 is 1.28 bits per heavy atom. The van der Waals surface area contributed by atoms with E-state index in [0.29, 0.717) is 18.6 Å². The van der Waals surface area contributed by atoms with Crippen LogP contribution in [0.15, 0.2) is 30.3 Å². The highest BCUT2D eigenvalue weighted by molar-refractivity contribution is 5.80. The number of hydrogen-bond donors (Lipinski definition) is 3. The van der Waals surface area contributed by atoms with E-state index in [-0.39, 0.29) is 11.8 Å². The summed E-state index contributed by atoms with van der Waals surface area (Å²) in [5, 5.41) is 9.88. The Morgan fingerprint density at radius 3 is 2.94 bits per heavy atom. The van der Waals surface area contributed by atoms with Crippen molar-refractivity contribution in [1.82, 2.24) is 16.0 Å². The van der Waals surface area contributed by atoms with Gasteiger partial charge < -0.3 is 16.0 Å². The van der Waals surface area contributed by atoms with Crippen LogP contribution < -0.4 is 16.0 Å². The lowest BCUT2D eigenvalue weighted by atomic mass is 9.99. The highest BCUT2D eigenvalue weighted by atomic mass is 16.2. The van der Waals surface area contributed by atoms with Gasteiger partial charge in [-0.1, -0.05) is 30.3 Å². The third kappa shape index (κ3) is 2.26. The SMILES string of the molecule is O=C(NCc1ccccc1)C1CNC2CCNC21. The number of rotatable bonds is 3. The molecule has 0 spiro atoms. The molecule has 3 rings (SSSR count). The molecule has 0 aliphatic carbocycles. The van der Waals surface area contributed by atoms with Crippen molar-refractivity contribution in [2.75, 3.05) is 13.1 Å². The first kappa shape index (κ1) is 11.7. The topological polar surface area (TPSA) is 53.2 Å². The van der Waals surface area contributed by atoms with Gasteiger partial charge in [-0.05, 0) is 18.5 Å². The molecular formula is C14H19N3O. The molecule has 1 amide bonds. The highest BCUT2D eigenvalue weighted by Gasteiger charge is 2.42. The predicted molar refractivity (Wildman–Crippen MR) is 70.0 cm³/mol. The van der Waals surface area contributed by atoms with E-state index in [2.05, 4.69) is 16.0 Å². The molecule has 2 fully saturated rings. The summed E-state index contributed by atoms with van der Waals surface area (Å²) < 4.78 is 0. The molecule has 0 saturated carbocycles. The highest BCUT2D eigenvalue weighted by Crippen LogP contribution is 2.21. The maximum absolute atomic E-state index is 12.2. The van der Waals surface area contributed by atoms with Crippen molar-refractivity contribution in [1.29, 1.82) is 0 Å². The molecule has 3 N–H and O–H groups in total. The van der Waals surface area contributed by atoms with Crippen molar-refractivity contribution in [3.63, 3.8) is 0 Å². The van der Waals surface area contributed by atoms with E-state index in [9.17, 15) is 4.79 Å². The van der Waals surface area contributed by atoms with Crippen LogP contribution in [-0.4, -0.2) is 31.1 Å². The van der Waals surface area contributed by atoms with Crippen LogP contribution in [0.2, 0.25) is 0 Å². The van der Waals surface area contributed by atoms with Gasteiger partial charge in [-0.3, -0.25) is 4.79 Å². The lowest BCUT2D eigenvalue weighted by Crippen LogP contribution is -2.42. The van der Waals surface area contributed by atoms with E-state index >= 15 is 0 Å². The van der Waals surface area contributed by atoms with Gasteiger partial charge in [-0.25, -0.2) is 0 Å². The van der Waals surface area contributed by atoms with E-state index in [1.807, 2.05) is 30.3 Å². The molecule has 1 aromatic rings. The van der Waals surface area contributed by atoms with Crippen molar-refractivity contribution in [3.8, 4) is 0 Å². The molecular weight excluding hydrogens is 226 g/mol. The van der Waals surface area contributed by atoms with Crippen LogP contribution in [0.3, 0.4) is 0 Å². The van der Waals surface area contributed by atoms with Crippen LogP contribution in [-0.2, 0) is 11.3 Å². The number of carbonyl (C=O) groups excluding carboxylic acids is 1. The number of carbonyl (C=O) groups is 1. The van der Waals surface area contributed by atoms with Gasteiger partial charge in [0.2, 0.25) is 5.91 Å². The molecule has 18 heavy (non-hydrogen) atoms. The number of benzene rings is 1. The fourth-order valence-corrected chi connectivity index (χ4v) is 2.96. The molecule has 3 atom stereocenters. The van der Waals surface area contributed by atoms with Gasteiger partial charge in [0.1, 0.15) is 0 Å². The maximum Gasteiger partial charge on any atom is 0.226 e. The van der Waals surface area contributed by atoms with Gasteiger partial charge in [0.25, 0.3) is 0 Å². The largest absolute Gasteiger partial charge is 0.352 e. The molecule has 2 aliphatic heterocycles. The van der Waals surface area contributed by atoms with Crippen molar-refractivity contribution in [3.05, 3.63) is 35.9 Å². The average molecular weight is 245 g/mol. The molecule has 96 valence electrons. The molecule has 0 bridgehead atoms. The average Bonchev–Trinajstić information content (AvgIpc) is 2.99. The molecule has 4 nitrogen and oxygen atoms in total. The minimum Gasteiger partial charge on any atom is -0.352 e. The molecule has 1 aromatic carbocycles. The summed E-state index contributed by atoms with van der Waals surface area (Å²) in [7, 11) is 0. The van der Waals surface area contributed by atoms with E-state index < -0.39 is 0 Å². The number of hydrogen-bond acceptors (Lipinski definition) is 3. The van der Waals surface area contributed by atoms with Gasteiger partial charge >= 0.3 is 0 Å². The Labute approximate surface area is 107 Å².